The Hall–Kier alpha value is -2.28. The number of nitrogens with zero attached hydrogens (tertiary/aromatic N) is 6. The predicted molar refractivity (Wildman–Crippen MR) is 69.3 cm³/mol. The zero-order valence-corrected chi connectivity index (χ0v) is 10.9. The maximum atomic E-state index is 5.98. The van der Waals surface area contributed by atoms with Crippen molar-refractivity contribution in [2.45, 2.75) is 25.9 Å². The molecule has 3 heterocycles. The number of nitrogens with two attached hydrogens (primary N) is 1. The molecule has 0 aromatic carbocycles. The van der Waals surface area contributed by atoms with Gasteiger partial charge in [-0.05, 0) is 19.9 Å². The van der Waals surface area contributed by atoms with Crippen LogP contribution in [0.1, 0.15) is 25.2 Å². The van der Waals surface area contributed by atoms with Gasteiger partial charge < -0.3 is 5.73 Å². The molecule has 3 aromatic rings. The van der Waals surface area contributed by atoms with Crippen molar-refractivity contribution < 1.29 is 0 Å². The highest BCUT2D eigenvalue weighted by Crippen LogP contribution is 2.13. The minimum atomic E-state index is -0.487. The predicted octanol–water partition coefficient (Wildman–Crippen LogP) is 0.563. The zero-order chi connectivity index (χ0) is 13.5. The molecule has 3 rings (SSSR count). The van der Waals surface area contributed by atoms with Crippen molar-refractivity contribution >= 4 is 5.78 Å². The Kier molecular flexibility index (Phi) is 2.56. The van der Waals surface area contributed by atoms with Crippen LogP contribution in [0.15, 0.2) is 30.9 Å². The summed E-state index contributed by atoms with van der Waals surface area (Å²) < 4.78 is 3.60. The molecular weight excluding hydrogens is 242 g/mol. The molecule has 0 saturated carbocycles. The molecule has 0 fully saturated rings. The Balaban J connectivity index is 1.86. The lowest BCUT2D eigenvalue weighted by atomic mass is 10.0. The van der Waals surface area contributed by atoms with Crippen LogP contribution < -0.4 is 5.73 Å². The van der Waals surface area contributed by atoms with Crippen LogP contribution in [0.4, 0.5) is 0 Å². The van der Waals surface area contributed by atoms with Crippen molar-refractivity contribution in [1.29, 1.82) is 0 Å². The molecule has 0 unspecified atom stereocenters. The van der Waals surface area contributed by atoms with Gasteiger partial charge >= 0.3 is 0 Å². The van der Waals surface area contributed by atoms with Crippen molar-refractivity contribution in [2.75, 3.05) is 0 Å². The Morgan fingerprint density at radius 2 is 2.16 bits per heavy atom. The minimum absolute atomic E-state index is 0.487. The van der Waals surface area contributed by atoms with E-state index < -0.39 is 5.54 Å². The van der Waals surface area contributed by atoms with E-state index in [0.29, 0.717) is 12.3 Å². The second-order valence-corrected chi connectivity index (χ2v) is 5.08. The Morgan fingerprint density at radius 3 is 2.84 bits per heavy atom. The third-order valence-electron chi connectivity index (χ3n) is 2.81. The molecule has 0 spiro atoms. The molecular formula is C12H15N7. The summed E-state index contributed by atoms with van der Waals surface area (Å²) in [6.45, 7) is 4.35. The number of imidazole rings is 1. The van der Waals surface area contributed by atoms with Crippen molar-refractivity contribution in [3.63, 3.8) is 0 Å². The van der Waals surface area contributed by atoms with Crippen LogP contribution in [0.3, 0.4) is 0 Å². The summed E-state index contributed by atoms with van der Waals surface area (Å²) in [5.41, 5.74) is 7.13. The lowest BCUT2D eigenvalue weighted by molar-refractivity contribution is 0.533. The van der Waals surface area contributed by atoms with Gasteiger partial charge in [-0.25, -0.2) is 14.6 Å². The maximum Gasteiger partial charge on any atom is 0.233 e. The smallest absolute Gasteiger partial charge is 0.233 e. The largest absolute Gasteiger partial charge is 0.320 e. The first-order chi connectivity index (χ1) is 9.02. The van der Waals surface area contributed by atoms with E-state index in [1.165, 1.54) is 0 Å². The summed E-state index contributed by atoms with van der Waals surface area (Å²) in [4.78, 5) is 8.59. The first-order valence-electron chi connectivity index (χ1n) is 6.00. The summed E-state index contributed by atoms with van der Waals surface area (Å²) in [5, 5.41) is 8.14. The SMILES string of the molecule is CC(C)(N)c1cn(Cc2cn3cccnc3n2)nn1. The maximum absolute atomic E-state index is 5.98. The van der Waals surface area contributed by atoms with Crippen LogP contribution in [-0.4, -0.2) is 29.4 Å². The molecule has 0 aliphatic heterocycles. The van der Waals surface area contributed by atoms with E-state index in [1.807, 2.05) is 42.9 Å². The second kappa shape index (κ2) is 4.13. The van der Waals surface area contributed by atoms with Gasteiger partial charge in [0.1, 0.15) is 5.69 Å². The average Bonchev–Trinajstić information content (AvgIpc) is 2.94. The molecule has 7 heteroatoms. The fourth-order valence-corrected chi connectivity index (χ4v) is 1.79. The minimum Gasteiger partial charge on any atom is -0.320 e. The van der Waals surface area contributed by atoms with Crippen LogP contribution in [0, 0.1) is 0 Å². The number of rotatable bonds is 3. The van der Waals surface area contributed by atoms with Gasteiger partial charge in [0, 0.05) is 18.6 Å². The van der Waals surface area contributed by atoms with E-state index in [-0.39, 0.29) is 0 Å². The molecule has 0 aliphatic rings. The summed E-state index contributed by atoms with van der Waals surface area (Å²) in [6, 6.07) is 1.86. The standard InChI is InChI=1S/C12H15N7/c1-12(2,13)10-8-19(17-16-10)7-9-6-18-5-3-4-14-11(18)15-9/h3-6,8H,7,13H2,1-2H3. The molecule has 0 radical (unpaired) electrons. The van der Waals surface area contributed by atoms with Gasteiger partial charge in [-0.3, -0.25) is 4.40 Å². The molecule has 2 N–H and O–H groups in total. The van der Waals surface area contributed by atoms with Gasteiger partial charge in [-0.15, -0.1) is 5.10 Å². The van der Waals surface area contributed by atoms with Crippen molar-refractivity contribution in [3.05, 3.63) is 42.2 Å². The van der Waals surface area contributed by atoms with Gasteiger partial charge in [0.2, 0.25) is 5.78 Å². The van der Waals surface area contributed by atoms with Gasteiger partial charge in [0.25, 0.3) is 0 Å². The van der Waals surface area contributed by atoms with Gasteiger partial charge in [-0.2, -0.15) is 0 Å². The van der Waals surface area contributed by atoms with Crippen LogP contribution in [0.5, 0.6) is 0 Å². The fourth-order valence-electron chi connectivity index (χ4n) is 1.79. The monoisotopic (exact) mass is 257 g/mol. The van der Waals surface area contributed by atoms with Crippen molar-refractivity contribution in [2.24, 2.45) is 5.73 Å². The highest BCUT2D eigenvalue weighted by molar-refractivity contribution is 5.29. The van der Waals surface area contributed by atoms with Crippen LogP contribution in [-0.2, 0) is 12.1 Å². The number of fused-ring (bicyclic) bond motifs is 1. The van der Waals surface area contributed by atoms with E-state index in [0.717, 1.165) is 11.4 Å². The molecule has 0 bridgehead atoms. The molecule has 0 aliphatic carbocycles. The van der Waals surface area contributed by atoms with Gasteiger partial charge in [0.15, 0.2) is 0 Å². The van der Waals surface area contributed by atoms with E-state index in [1.54, 1.807) is 10.9 Å². The van der Waals surface area contributed by atoms with Gasteiger partial charge in [0.05, 0.1) is 24.0 Å². The van der Waals surface area contributed by atoms with Crippen molar-refractivity contribution in [1.82, 2.24) is 29.4 Å². The highest BCUT2D eigenvalue weighted by Gasteiger charge is 2.18. The molecule has 7 nitrogen and oxygen atoms in total. The summed E-state index contributed by atoms with van der Waals surface area (Å²) in [7, 11) is 0. The molecule has 0 atom stereocenters. The lowest BCUT2D eigenvalue weighted by Gasteiger charge is -2.13. The summed E-state index contributed by atoms with van der Waals surface area (Å²) in [6.07, 6.45) is 7.40. The normalized spacial score (nSPS) is 12.2. The quantitative estimate of drug-likeness (QED) is 0.741. The number of hydrogen-bond donors (Lipinski definition) is 1. The molecule has 19 heavy (non-hydrogen) atoms. The Bertz CT molecular complexity index is 671. The van der Waals surface area contributed by atoms with Crippen LogP contribution in [0.2, 0.25) is 0 Å². The van der Waals surface area contributed by atoms with Crippen molar-refractivity contribution in [3.8, 4) is 0 Å². The highest BCUT2D eigenvalue weighted by atomic mass is 15.4. The average molecular weight is 257 g/mol. The number of hydrogen-bond acceptors (Lipinski definition) is 5. The van der Waals surface area contributed by atoms with E-state index in [9.17, 15) is 0 Å². The zero-order valence-electron chi connectivity index (χ0n) is 10.9. The fraction of sp³-hybridized carbons (Fsp3) is 0.333. The van der Waals surface area contributed by atoms with E-state index in [4.69, 9.17) is 5.73 Å². The second-order valence-electron chi connectivity index (χ2n) is 5.08. The van der Waals surface area contributed by atoms with Gasteiger partial charge in [-0.1, -0.05) is 5.21 Å². The van der Waals surface area contributed by atoms with Crippen LogP contribution >= 0.6 is 0 Å². The Morgan fingerprint density at radius 1 is 1.32 bits per heavy atom. The third kappa shape index (κ3) is 2.32. The molecule has 0 amide bonds. The summed E-state index contributed by atoms with van der Waals surface area (Å²) >= 11 is 0. The van der Waals surface area contributed by atoms with E-state index >= 15 is 0 Å². The summed E-state index contributed by atoms with van der Waals surface area (Å²) in [5.74, 6) is 0.678. The molecule has 0 saturated heterocycles. The molecule has 98 valence electrons. The third-order valence-corrected chi connectivity index (χ3v) is 2.81. The first-order valence-corrected chi connectivity index (χ1v) is 6.00. The topological polar surface area (TPSA) is 86.9 Å². The Labute approximate surface area is 110 Å². The van der Waals surface area contributed by atoms with Crippen LogP contribution in [0.25, 0.3) is 5.78 Å². The lowest BCUT2D eigenvalue weighted by Crippen LogP contribution is -2.29. The molecule has 3 aromatic heterocycles. The first kappa shape index (κ1) is 11.8. The van der Waals surface area contributed by atoms with E-state index in [2.05, 4.69) is 20.3 Å². The number of aromatic nitrogens is 6.